The van der Waals surface area contributed by atoms with Gasteiger partial charge in [-0.3, -0.25) is 9.35 Å². The predicted octanol–water partition coefficient (Wildman–Crippen LogP) is 2.44. The molecule has 0 fully saturated rings. The van der Waals surface area contributed by atoms with E-state index in [2.05, 4.69) is 15.6 Å². The van der Waals surface area contributed by atoms with E-state index in [0.29, 0.717) is 10.8 Å². The van der Waals surface area contributed by atoms with Crippen LogP contribution in [0.5, 0.6) is 0 Å². The van der Waals surface area contributed by atoms with Gasteiger partial charge in [-0.25, -0.2) is 4.98 Å². The minimum Gasteiger partial charge on any atom is -0.345 e. The smallest absolute Gasteiger partial charge is 0.294 e. The largest absolute Gasteiger partial charge is 0.345 e. The van der Waals surface area contributed by atoms with Gasteiger partial charge in [0.15, 0.2) is 0 Å². The molecule has 8 nitrogen and oxygen atoms in total. The molecule has 25 heavy (non-hydrogen) atoms. The van der Waals surface area contributed by atoms with Crippen LogP contribution in [-0.4, -0.2) is 23.9 Å². The molecule has 1 heterocycles. The number of nitrogens with one attached hydrogen (secondary N) is 2. The molecule has 2 rings (SSSR count). The molecule has 0 atom stereocenters. The van der Waals surface area contributed by atoms with Crippen LogP contribution in [0.1, 0.15) is 0 Å². The van der Waals surface area contributed by atoms with E-state index in [1.165, 1.54) is 30.6 Å². The van der Waals surface area contributed by atoms with Crippen molar-refractivity contribution in [1.82, 2.24) is 4.98 Å². The highest BCUT2D eigenvalue weighted by Gasteiger charge is 2.12. The van der Waals surface area contributed by atoms with Crippen molar-refractivity contribution in [3.8, 4) is 6.07 Å². The summed E-state index contributed by atoms with van der Waals surface area (Å²) < 4.78 is 30.8. The normalized spacial score (nSPS) is 11.5. The summed E-state index contributed by atoms with van der Waals surface area (Å²) >= 11 is 5.80. The Kier molecular flexibility index (Phi) is 5.71. The van der Waals surface area contributed by atoms with E-state index >= 15 is 0 Å². The average molecular weight is 379 g/mol. The number of rotatable bonds is 5. The Labute approximate surface area is 148 Å². The van der Waals surface area contributed by atoms with Gasteiger partial charge in [0.05, 0.1) is 4.90 Å². The van der Waals surface area contributed by atoms with Crippen molar-refractivity contribution >= 4 is 39.1 Å². The Hall–Kier alpha value is -2.93. The van der Waals surface area contributed by atoms with Gasteiger partial charge in [0.25, 0.3) is 16.0 Å². The van der Waals surface area contributed by atoms with Crippen molar-refractivity contribution in [3.63, 3.8) is 0 Å². The third-order valence-corrected chi connectivity index (χ3v) is 3.96. The predicted molar refractivity (Wildman–Crippen MR) is 91.5 cm³/mol. The third-order valence-electron chi connectivity index (χ3n) is 2.86. The summed E-state index contributed by atoms with van der Waals surface area (Å²) in [7, 11) is -4.32. The molecule has 0 bridgehead atoms. The highest BCUT2D eigenvalue weighted by atomic mass is 35.5. The SMILES string of the molecule is N#C/C(=C/Nc1cc(Cl)ccn1)C(=O)Nc1ccc(S(=O)(=O)O)cc1. The van der Waals surface area contributed by atoms with Gasteiger partial charge in [0, 0.05) is 23.1 Å². The highest BCUT2D eigenvalue weighted by Crippen LogP contribution is 2.15. The number of hydrogen-bond donors (Lipinski definition) is 3. The maximum Gasteiger partial charge on any atom is 0.294 e. The van der Waals surface area contributed by atoms with Crippen LogP contribution in [-0.2, 0) is 14.9 Å². The van der Waals surface area contributed by atoms with Crippen molar-refractivity contribution in [2.75, 3.05) is 10.6 Å². The second-order valence-electron chi connectivity index (χ2n) is 4.63. The molecule has 0 saturated carbocycles. The van der Waals surface area contributed by atoms with Gasteiger partial charge in [-0.05, 0) is 36.4 Å². The first-order valence-electron chi connectivity index (χ1n) is 6.67. The Bertz CT molecular complexity index is 966. The first-order chi connectivity index (χ1) is 11.8. The van der Waals surface area contributed by atoms with Crippen LogP contribution in [0.15, 0.2) is 59.3 Å². The third kappa shape index (κ3) is 5.29. The Morgan fingerprint density at radius 2 is 1.96 bits per heavy atom. The van der Waals surface area contributed by atoms with Crippen LogP contribution in [0, 0.1) is 11.3 Å². The molecular formula is C15H11ClN4O4S. The van der Waals surface area contributed by atoms with Gasteiger partial charge >= 0.3 is 0 Å². The molecule has 2 aromatic rings. The molecule has 0 aliphatic rings. The van der Waals surface area contributed by atoms with E-state index in [1.807, 2.05) is 0 Å². The van der Waals surface area contributed by atoms with E-state index in [9.17, 15) is 13.2 Å². The molecule has 10 heteroatoms. The number of anilines is 2. The maximum absolute atomic E-state index is 12.1. The standard InChI is InChI=1S/C15H11ClN4O4S/c16-11-5-6-18-14(7-11)19-9-10(8-17)15(21)20-12-1-3-13(4-2-12)25(22,23)24/h1-7,9H,(H,18,19)(H,20,21)(H,22,23,24)/b10-9-. The van der Waals surface area contributed by atoms with E-state index in [1.54, 1.807) is 12.1 Å². The molecule has 0 spiro atoms. The minimum absolute atomic E-state index is 0.236. The number of carbonyl (C=O) groups is 1. The van der Waals surface area contributed by atoms with Crippen molar-refractivity contribution in [1.29, 1.82) is 5.26 Å². The lowest BCUT2D eigenvalue weighted by atomic mass is 10.2. The molecule has 0 unspecified atom stereocenters. The number of benzene rings is 1. The first-order valence-corrected chi connectivity index (χ1v) is 8.48. The average Bonchev–Trinajstić information content (AvgIpc) is 2.55. The number of hydrogen-bond acceptors (Lipinski definition) is 6. The highest BCUT2D eigenvalue weighted by molar-refractivity contribution is 7.85. The lowest BCUT2D eigenvalue weighted by Gasteiger charge is -2.06. The number of nitrogens with zero attached hydrogens (tertiary/aromatic N) is 2. The molecule has 1 amide bonds. The number of carbonyl (C=O) groups excluding carboxylic acids is 1. The topological polar surface area (TPSA) is 132 Å². The second-order valence-corrected chi connectivity index (χ2v) is 6.48. The summed E-state index contributed by atoms with van der Waals surface area (Å²) in [4.78, 5) is 15.7. The summed E-state index contributed by atoms with van der Waals surface area (Å²) in [5, 5.41) is 14.6. The van der Waals surface area contributed by atoms with Gasteiger partial charge < -0.3 is 10.6 Å². The van der Waals surface area contributed by atoms with E-state index in [-0.39, 0.29) is 16.2 Å². The molecule has 1 aromatic heterocycles. The lowest BCUT2D eigenvalue weighted by molar-refractivity contribution is -0.112. The molecule has 3 N–H and O–H groups in total. The molecule has 1 aromatic carbocycles. The Balaban J connectivity index is 2.09. The van der Waals surface area contributed by atoms with Crippen LogP contribution in [0.2, 0.25) is 5.02 Å². The number of amides is 1. The van der Waals surface area contributed by atoms with Gasteiger partial charge in [-0.1, -0.05) is 11.6 Å². The fraction of sp³-hybridized carbons (Fsp3) is 0. The quantitative estimate of drug-likeness (QED) is 0.413. The molecule has 0 aliphatic heterocycles. The summed E-state index contributed by atoms with van der Waals surface area (Å²) in [5.74, 6) is -0.359. The van der Waals surface area contributed by atoms with Crippen molar-refractivity contribution < 1.29 is 17.8 Å². The summed E-state index contributed by atoms with van der Waals surface area (Å²) in [5.41, 5.74) is 0.0139. The summed E-state index contributed by atoms with van der Waals surface area (Å²) in [6.07, 6.45) is 2.63. The van der Waals surface area contributed by atoms with Gasteiger partial charge in [-0.15, -0.1) is 0 Å². The Morgan fingerprint density at radius 3 is 2.52 bits per heavy atom. The molecular weight excluding hydrogens is 368 g/mol. The molecule has 128 valence electrons. The van der Waals surface area contributed by atoms with Crippen molar-refractivity contribution in [3.05, 3.63) is 59.4 Å². The van der Waals surface area contributed by atoms with Crippen LogP contribution in [0.3, 0.4) is 0 Å². The minimum atomic E-state index is -4.32. The maximum atomic E-state index is 12.1. The molecule has 0 aliphatic carbocycles. The molecule has 0 saturated heterocycles. The van der Waals surface area contributed by atoms with Crippen LogP contribution in [0.25, 0.3) is 0 Å². The second kappa shape index (κ2) is 7.76. The van der Waals surface area contributed by atoms with Crippen LogP contribution < -0.4 is 10.6 Å². The zero-order valence-electron chi connectivity index (χ0n) is 12.5. The van der Waals surface area contributed by atoms with Gasteiger partial charge in [-0.2, -0.15) is 13.7 Å². The summed E-state index contributed by atoms with van der Waals surface area (Å²) in [6.45, 7) is 0. The number of pyridine rings is 1. The van der Waals surface area contributed by atoms with Crippen molar-refractivity contribution in [2.24, 2.45) is 0 Å². The first kappa shape index (κ1) is 18.4. The van der Waals surface area contributed by atoms with Gasteiger partial charge in [0.2, 0.25) is 0 Å². The lowest BCUT2D eigenvalue weighted by Crippen LogP contribution is -2.14. The van der Waals surface area contributed by atoms with E-state index < -0.39 is 16.0 Å². The molecule has 0 radical (unpaired) electrons. The van der Waals surface area contributed by atoms with Crippen LogP contribution in [0.4, 0.5) is 11.5 Å². The Morgan fingerprint density at radius 1 is 1.28 bits per heavy atom. The van der Waals surface area contributed by atoms with Crippen molar-refractivity contribution in [2.45, 2.75) is 4.90 Å². The zero-order valence-corrected chi connectivity index (χ0v) is 14.0. The van der Waals surface area contributed by atoms with Gasteiger partial charge in [0.1, 0.15) is 17.5 Å². The number of nitriles is 1. The fourth-order valence-corrected chi connectivity index (χ4v) is 2.33. The summed E-state index contributed by atoms with van der Waals surface area (Å²) in [6, 6.07) is 9.62. The monoisotopic (exact) mass is 378 g/mol. The zero-order chi connectivity index (χ0) is 18.4. The van der Waals surface area contributed by atoms with E-state index in [0.717, 1.165) is 12.1 Å². The number of halogens is 1. The number of aromatic nitrogens is 1. The van der Waals surface area contributed by atoms with Crippen LogP contribution >= 0.6 is 11.6 Å². The fourth-order valence-electron chi connectivity index (χ4n) is 1.69. The van der Waals surface area contributed by atoms with E-state index in [4.69, 9.17) is 21.4 Å².